The average molecular weight is 442 g/mol. The summed E-state index contributed by atoms with van der Waals surface area (Å²) in [5.41, 5.74) is 1.61. The Morgan fingerprint density at radius 3 is 2.75 bits per heavy atom. The lowest BCUT2D eigenvalue weighted by molar-refractivity contribution is -0.122. The van der Waals surface area contributed by atoms with Crippen LogP contribution in [0.25, 0.3) is 0 Å². The molecule has 1 aromatic carbocycles. The third kappa shape index (κ3) is 4.88. The molecule has 3 heterocycles. The molecule has 1 unspecified atom stereocenters. The number of benzene rings is 1. The number of hydrogen-bond acceptors (Lipinski definition) is 7. The van der Waals surface area contributed by atoms with Gasteiger partial charge in [0.15, 0.2) is 11.5 Å². The Hall–Kier alpha value is -3.07. The Balaban J connectivity index is 1.23. The first-order valence-electron chi connectivity index (χ1n) is 11.3. The van der Waals surface area contributed by atoms with Crippen molar-refractivity contribution in [3.8, 4) is 11.5 Å². The number of carbonyl (C=O) groups excluding carboxylic acids is 1. The molecule has 1 atom stereocenters. The molecule has 0 saturated carbocycles. The number of aryl methyl sites for hydroxylation is 1. The van der Waals surface area contributed by atoms with Crippen molar-refractivity contribution in [1.29, 1.82) is 0 Å². The minimum atomic E-state index is -0.629. The minimum Gasteiger partial charge on any atom is -0.492 e. The van der Waals surface area contributed by atoms with Crippen LogP contribution >= 0.6 is 0 Å². The Labute approximate surface area is 188 Å². The number of ether oxygens (including phenoxy) is 2. The van der Waals surface area contributed by atoms with Crippen LogP contribution in [0.5, 0.6) is 11.5 Å². The van der Waals surface area contributed by atoms with Gasteiger partial charge in [-0.25, -0.2) is 9.98 Å². The highest BCUT2D eigenvalue weighted by atomic mass is 16.5. The first kappa shape index (κ1) is 22.1. The molecule has 9 nitrogen and oxygen atoms in total. The second-order valence-corrected chi connectivity index (χ2v) is 8.12. The molecule has 1 aromatic heterocycles. The molecule has 1 saturated heterocycles. The molecule has 2 aromatic rings. The van der Waals surface area contributed by atoms with Crippen LogP contribution in [-0.2, 0) is 17.9 Å². The van der Waals surface area contributed by atoms with E-state index in [1.807, 2.05) is 30.9 Å². The number of fused-ring (bicyclic) bond motifs is 2. The van der Waals surface area contributed by atoms with Crippen LogP contribution in [0.3, 0.4) is 0 Å². The van der Waals surface area contributed by atoms with Gasteiger partial charge in [-0.3, -0.25) is 10.1 Å². The predicted octanol–water partition coefficient (Wildman–Crippen LogP) is 2.61. The molecule has 2 N–H and O–H groups in total. The normalized spacial score (nSPS) is 16.9. The Morgan fingerprint density at radius 2 is 2.00 bits per heavy atom. The van der Waals surface area contributed by atoms with Crippen molar-refractivity contribution in [3.63, 3.8) is 0 Å². The second-order valence-electron chi connectivity index (χ2n) is 8.12. The number of unbranched alkanes of at least 4 members (excludes halogenated alkanes) is 5. The molecular formula is C23H31N5O4. The molecule has 0 spiro atoms. The maximum atomic E-state index is 12.0. The monoisotopic (exact) mass is 441 g/mol. The average Bonchev–Trinajstić information content (AvgIpc) is 3.42. The van der Waals surface area contributed by atoms with E-state index in [9.17, 15) is 9.90 Å². The van der Waals surface area contributed by atoms with Gasteiger partial charge in [0.25, 0.3) is 5.91 Å². The van der Waals surface area contributed by atoms with Gasteiger partial charge in [0.1, 0.15) is 6.04 Å². The molecule has 0 radical (unpaired) electrons. The predicted molar refractivity (Wildman–Crippen MR) is 120 cm³/mol. The van der Waals surface area contributed by atoms with E-state index in [4.69, 9.17) is 9.47 Å². The first-order valence-corrected chi connectivity index (χ1v) is 11.3. The number of aromatic nitrogens is 2. The van der Waals surface area contributed by atoms with E-state index in [2.05, 4.69) is 19.9 Å². The van der Waals surface area contributed by atoms with Crippen LogP contribution < -0.4 is 14.8 Å². The number of guanidine groups is 1. The van der Waals surface area contributed by atoms with Crippen molar-refractivity contribution < 1.29 is 19.4 Å². The summed E-state index contributed by atoms with van der Waals surface area (Å²) in [4.78, 5) is 22.4. The van der Waals surface area contributed by atoms with E-state index >= 15 is 0 Å². The fraction of sp³-hybridized carbons (Fsp3) is 0.522. The number of aliphatic hydroxyl groups excluding tert-OH is 1. The maximum Gasteiger partial charge on any atom is 0.251 e. The number of hydrogen-bond donors (Lipinski definition) is 2. The number of rotatable bonds is 12. The Bertz CT molecular complexity index is 944. The van der Waals surface area contributed by atoms with Gasteiger partial charge in [0.2, 0.25) is 5.96 Å². The number of carbonyl (C=O) groups is 1. The summed E-state index contributed by atoms with van der Waals surface area (Å²) in [6.07, 6.45) is 12.6. The summed E-state index contributed by atoms with van der Waals surface area (Å²) in [6, 6.07) is 3.13. The molecule has 0 aliphatic carbocycles. The number of aliphatic hydroxyl groups is 1. The summed E-state index contributed by atoms with van der Waals surface area (Å²) in [5, 5.41) is 12.3. The summed E-state index contributed by atoms with van der Waals surface area (Å²) >= 11 is 0. The van der Waals surface area contributed by atoms with Gasteiger partial charge in [-0.2, -0.15) is 0 Å². The maximum absolute atomic E-state index is 12.0. The van der Waals surface area contributed by atoms with Crippen molar-refractivity contribution in [2.24, 2.45) is 4.99 Å². The molecule has 172 valence electrons. The molecule has 1 fully saturated rings. The number of methoxy groups -OCH3 is 1. The highest BCUT2D eigenvalue weighted by Crippen LogP contribution is 2.41. The van der Waals surface area contributed by atoms with Gasteiger partial charge < -0.3 is 24.0 Å². The van der Waals surface area contributed by atoms with Gasteiger partial charge in [-0.05, 0) is 25.0 Å². The fourth-order valence-electron chi connectivity index (χ4n) is 4.19. The molecule has 2 aliphatic rings. The molecule has 4 rings (SSSR count). The first-order chi connectivity index (χ1) is 15.7. The topological polar surface area (TPSA) is 101 Å². The van der Waals surface area contributed by atoms with Crippen molar-refractivity contribution in [3.05, 3.63) is 36.4 Å². The lowest BCUT2D eigenvalue weighted by Crippen LogP contribution is -2.39. The lowest BCUT2D eigenvalue weighted by atomic mass is 10.1. The Morgan fingerprint density at radius 1 is 1.19 bits per heavy atom. The van der Waals surface area contributed by atoms with Crippen LogP contribution in [0, 0.1) is 0 Å². The highest BCUT2D eigenvalue weighted by Gasteiger charge is 2.39. The number of nitrogens with zero attached hydrogens (tertiary/aromatic N) is 4. The molecule has 0 bridgehead atoms. The molecular weight excluding hydrogens is 410 g/mol. The SMILES string of the molecule is COc1c(OCCCCCCCCn2ccnc2)ccc2c1CN1C(=N2)NC(=O)C1CO. The summed E-state index contributed by atoms with van der Waals surface area (Å²) in [5.74, 6) is 1.56. The van der Waals surface area contributed by atoms with Crippen molar-refractivity contribution in [1.82, 2.24) is 19.8 Å². The number of imidazole rings is 1. The number of nitrogens with one attached hydrogen (secondary N) is 1. The van der Waals surface area contributed by atoms with E-state index in [0.717, 1.165) is 30.6 Å². The lowest BCUT2D eigenvalue weighted by Gasteiger charge is -2.28. The molecule has 9 heteroatoms. The van der Waals surface area contributed by atoms with Gasteiger partial charge >= 0.3 is 0 Å². The van der Waals surface area contributed by atoms with Crippen LogP contribution in [0.4, 0.5) is 5.69 Å². The van der Waals surface area contributed by atoms with Crippen molar-refractivity contribution in [2.45, 2.75) is 57.7 Å². The van der Waals surface area contributed by atoms with Gasteiger partial charge in [-0.15, -0.1) is 0 Å². The number of amides is 1. The van der Waals surface area contributed by atoms with Gasteiger partial charge in [-0.1, -0.05) is 25.7 Å². The Kier molecular flexibility index (Phi) is 7.26. The zero-order chi connectivity index (χ0) is 22.3. The minimum absolute atomic E-state index is 0.240. The van der Waals surface area contributed by atoms with Gasteiger partial charge in [0, 0.05) is 24.5 Å². The van der Waals surface area contributed by atoms with E-state index in [1.165, 1.54) is 25.7 Å². The summed E-state index contributed by atoms with van der Waals surface area (Å²) < 4.78 is 13.8. The summed E-state index contributed by atoms with van der Waals surface area (Å²) in [6.45, 7) is 1.83. The van der Waals surface area contributed by atoms with Crippen LogP contribution in [0.2, 0.25) is 0 Å². The highest BCUT2D eigenvalue weighted by molar-refractivity contribution is 6.08. The molecule has 1 amide bonds. The third-order valence-electron chi connectivity index (χ3n) is 5.94. The number of aliphatic imine (C=N–C) groups is 1. The largest absolute Gasteiger partial charge is 0.492 e. The second kappa shape index (κ2) is 10.5. The van der Waals surface area contributed by atoms with E-state index < -0.39 is 6.04 Å². The van der Waals surface area contributed by atoms with Crippen LogP contribution in [0.1, 0.15) is 44.1 Å². The molecule has 32 heavy (non-hydrogen) atoms. The zero-order valence-electron chi connectivity index (χ0n) is 18.5. The quantitative estimate of drug-likeness (QED) is 0.491. The van der Waals surface area contributed by atoms with E-state index in [1.54, 1.807) is 12.0 Å². The molecule has 2 aliphatic heterocycles. The van der Waals surface area contributed by atoms with Crippen LogP contribution in [-0.4, -0.2) is 57.8 Å². The van der Waals surface area contributed by atoms with Crippen molar-refractivity contribution in [2.75, 3.05) is 20.3 Å². The van der Waals surface area contributed by atoms with Gasteiger partial charge in [0.05, 0.1) is 38.9 Å². The van der Waals surface area contributed by atoms with E-state index in [-0.39, 0.29) is 12.5 Å². The fourth-order valence-corrected chi connectivity index (χ4v) is 4.19. The third-order valence-corrected chi connectivity index (χ3v) is 5.94. The van der Waals surface area contributed by atoms with Crippen LogP contribution in [0.15, 0.2) is 35.8 Å². The smallest absolute Gasteiger partial charge is 0.251 e. The summed E-state index contributed by atoms with van der Waals surface area (Å²) in [7, 11) is 1.61. The standard InChI is InChI=1S/C23H31N5O4/c1-31-21-17-14-28-19(15-29)22(30)26-23(28)25-18(17)8-9-20(21)32-13-7-5-3-2-4-6-11-27-12-10-24-16-27/h8-10,12,16,19,29H,2-7,11,13-15H2,1H3,(H,25,26,30). The zero-order valence-corrected chi connectivity index (χ0v) is 18.5. The van der Waals surface area contributed by atoms with Crippen molar-refractivity contribution >= 4 is 17.6 Å². The van der Waals surface area contributed by atoms with E-state index in [0.29, 0.717) is 30.6 Å².